The van der Waals surface area contributed by atoms with Gasteiger partial charge in [-0.05, 0) is 137 Å². The minimum absolute atomic E-state index is 0.0334. The number of ether oxygens (including phenoxy) is 6. The highest BCUT2D eigenvalue weighted by Crippen LogP contribution is 2.45. The molecule has 5 rings (SSSR count). The maximum absolute atomic E-state index is 11.9. The first-order chi connectivity index (χ1) is 32.4. The number of allylic oxidation sites excluding steroid dienone is 3. The molecule has 0 aliphatic carbocycles. The van der Waals surface area contributed by atoms with E-state index in [0.29, 0.717) is 52.3 Å². The van der Waals surface area contributed by atoms with Crippen LogP contribution in [0, 0.1) is 5.92 Å². The van der Waals surface area contributed by atoms with Gasteiger partial charge in [0.25, 0.3) is 0 Å². The number of unbranched alkanes of at least 4 members (excludes halogenated alkanes) is 5. The first-order valence-corrected chi connectivity index (χ1v) is 27.4. The lowest BCUT2D eigenvalue weighted by Gasteiger charge is -2.40. The Morgan fingerprint density at radius 1 is 0.746 bits per heavy atom. The van der Waals surface area contributed by atoms with Gasteiger partial charge in [-0.15, -0.1) is 0 Å². The first-order valence-electron chi connectivity index (χ1n) is 24.5. The zero-order chi connectivity index (χ0) is 47.9. The van der Waals surface area contributed by atoms with E-state index in [1.54, 1.807) is 6.20 Å². The molecule has 4 aromatic rings. The number of hydrogen-bond donors (Lipinski definition) is 0. The fourth-order valence-electron chi connectivity index (χ4n) is 7.57. The molecule has 1 saturated heterocycles. The molecule has 1 fully saturated rings. The van der Waals surface area contributed by atoms with Crippen molar-refractivity contribution in [3.8, 4) is 17.2 Å². The van der Waals surface area contributed by atoms with Gasteiger partial charge < -0.3 is 32.8 Å². The molecule has 10 nitrogen and oxygen atoms in total. The fourth-order valence-corrected chi connectivity index (χ4v) is 8.61. The van der Waals surface area contributed by atoms with Gasteiger partial charge in [0.05, 0.1) is 39.1 Å². The lowest BCUT2D eigenvalue weighted by atomic mass is 9.91. The van der Waals surface area contributed by atoms with Crippen LogP contribution in [0.1, 0.15) is 140 Å². The summed E-state index contributed by atoms with van der Waals surface area (Å²) in [6.45, 7) is 17.5. The van der Waals surface area contributed by atoms with Gasteiger partial charge in [0.2, 0.25) is 8.32 Å². The van der Waals surface area contributed by atoms with Gasteiger partial charge in [-0.2, -0.15) is 0 Å². The second-order valence-electron chi connectivity index (χ2n) is 18.6. The van der Waals surface area contributed by atoms with Gasteiger partial charge in [-0.25, -0.2) is 0 Å². The minimum Gasteiger partial charge on any atom is -0.543 e. The summed E-state index contributed by atoms with van der Waals surface area (Å²) in [5.74, 6) is 2.23. The van der Waals surface area contributed by atoms with Gasteiger partial charge in [-0.3, -0.25) is 14.6 Å². The minimum atomic E-state index is -2.15. The highest BCUT2D eigenvalue weighted by Gasteiger charge is 2.41. The number of carbonyl (C=O) groups excluding carboxylic acids is 2. The van der Waals surface area contributed by atoms with Crippen LogP contribution in [0.15, 0.2) is 116 Å². The Balaban J connectivity index is 1.10. The highest BCUT2D eigenvalue weighted by molar-refractivity contribution is 6.74. The van der Waals surface area contributed by atoms with E-state index >= 15 is 0 Å². The lowest BCUT2D eigenvalue weighted by Crippen LogP contribution is -2.44. The largest absolute Gasteiger partial charge is 0.543 e. The molecule has 1 aromatic heterocycles. The summed E-state index contributed by atoms with van der Waals surface area (Å²) in [6, 6.07) is 28.6. The normalized spacial score (nSPS) is 16.7. The quantitative estimate of drug-likeness (QED) is 0.0248. The van der Waals surface area contributed by atoms with Crippen molar-refractivity contribution in [3.63, 3.8) is 0 Å². The average molecular weight is 934 g/mol. The van der Waals surface area contributed by atoms with Crippen LogP contribution in [0.3, 0.4) is 0 Å². The van der Waals surface area contributed by atoms with E-state index in [-0.39, 0.29) is 29.0 Å². The zero-order valence-electron chi connectivity index (χ0n) is 41.1. The molecule has 0 amide bonds. The third kappa shape index (κ3) is 17.4. The van der Waals surface area contributed by atoms with E-state index < -0.39 is 14.6 Å². The Morgan fingerprint density at radius 3 is 2.16 bits per heavy atom. The van der Waals surface area contributed by atoms with Crippen LogP contribution >= 0.6 is 0 Å². The summed E-state index contributed by atoms with van der Waals surface area (Å²) < 4.78 is 42.8. The summed E-state index contributed by atoms with van der Waals surface area (Å²) >= 11 is 0. The number of carbonyl (C=O) groups is 2. The third-order valence-electron chi connectivity index (χ3n) is 12.3. The summed E-state index contributed by atoms with van der Waals surface area (Å²) in [4.78, 5) is 28.0. The Labute approximate surface area is 401 Å². The van der Waals surface area contributed by atoms with Crippen molar-refractivity contribution in [2.75, 3.05) is 33.0 Å². The monoisotopic (exact) mass is 934 g/mol. The third-order valence-corrected chi connectivity index (χ3v) is 16.7. The van der Waals surface area contributed by atoms with Gasteiger partial charge in [0.1, 0.15) is 17.2 Å². The number of esters is 2. The molecule has 0 saturated carbocycles. The molecule has 0 spiro atoms. The first kappa shape index (κ1) is 52.7. The van der Waals surface area contributed by atoms with Gasteiger partial charge in [-0.1, -0.05) is 87.5 Å². The summed E-state index contributed by atoms with van der Waals surface area (Å²) in [6.07, 6.45) is 17.9. The number of aromatic nitrogens is 1. The van der Waals surface area contributed by atoms with E-state index in [1.807, 2.05) is 74.7 Å². The summed E-state index contributed by atoms with van der Waals surface area (Å²) in [5.41, 5.74) is 5.22. The standard InChI is InChI=1S/C56H75NO9Si/c1-8-60-52(58)31-16-12-14-24-46-42-64-55(65-54(46)50-29-18-19-30-51(50)66-67(6,7)56(3,4)5)44-25-22-27-48(40-44)63-39-21-11-10-20-38-62-47-35-33-43(34-36-47)49(45-26-23-37-57-41-45)28-15-13-17-32-53(59)61-9-2/h12,14,18-19,22-23,25-30,33-37,40-41,46,54-55H,8-11,13,15-17,20-21,24,31-32,38-39,42H2,1-7H3/b14-12-,49-28+/t46-,54+,55+/m1/s1. The van der Waals surface area contributed by atoms with Crippen LogP contribution in [-0.4, -0.2) is 58.3 Å². The lowest BCUT2D eigenvalue weighted by molar-refractivity contribution is -0.244. The number of rotatable bonds is 27. The van der Waals surface area contributed by atoms with Crippen LogP contribution in [0.4, 0.5) is 0 Å². The molecule has 0 bridgehead atoms. The molecule has 67 heavy (non-hydrogen) atoms. The topological polar surface area (TPSA) is 112 Å². The van der Waals surface area contributed by atoms with E-state index in [4.69, 9.17) is 32.8 Å². The number of nitrogens with zero attached hydrogens (tertiary/aromatic N) is 1. The van der Waals surface area contributed by atoms with Crippen molar-refractivity contribution in [1.82, 2.24) is 4.98 Å². The van der Waals surface area contributed by atoms with Crippen molar-refractivity contribution in [1.29, 1.82) is 0 Å². The van der Waals surface area contributed by atoms with Crippen molar-refractivity contribution in [2.45, 2.75) is 136 Å². The maximum atomic E-state index is 11.9. The van der Waals surface area contributed by atoms with E-state index in [9.17, 15) is 9.59 Å². The number of pyridine rings is 1. The fraction of sp³-hybridized carbons (Fsp3) is 0.482. The molecule has 0 radical (unpaired) electrons. The Kier molecular flexibility index (Phi) is 21.7. The van der Waals surface area contributed by atoms with Crippen LogP contribution in [0.5, 0.6) is 17.2 Å². The number of hydrogen-bond acceptors (Lipinski definition) is 10. The molecule has 3 atom stereocenters. The smallest absolute Gasteiger partial charge is 0.306 e. The van der Waals surface area contributed by atoms with Crippen LogP contribution < -0.4 is 13.9 Å². The molecule has 1 aliphatic rings. The molecule has 2 heterocycles. The van der Waals surface area contributed by atoms with E-state index in [2.05, 4.69) is 87.4 Å². The average Bonchev–Trinajstić information content (AvgIpc) is 3.31. The molecular weight excluding hydrogens is 859 g/mol. The van der Waals surface area contributed by atoms with Crippen molar-refractivity contribution >= 4 is 25.8 Å². The molecule has 1 aliphatic heterocycles. The van der Waals surface area contributed by atoms with Crippen LogP contribution in [0.25, 0.3) is 5.57 Å². The second kappa shape index (κ2) is 27.5. The Morgan fingerprint density at radius 2 is 1.46 bits per heavy atom. The summed E-state index contributed by atoms with van der Waals surface area (Å²) in [7, 11) is -2.15. The van der Waals surface area contributed by atoms with Crippen molar-refractivity contribution < 1.29 is 42.4 Å². The predicted octanol–water partition coefficient (Wildman–Crippen LogP) is 13.7. The molecular formula is C56H75NO9Si. The predicted molar refractivity (Wildman–Crippen MR) is 269 cm³/mol. The second-order valence-corrected chi connectivity index (χ2v) is 23.3. The van der Waals surface area contributed by atoms with Crippen molar-refractivity contribution in [2.24, 2.45) is 5.92 Å². The molecule has 3 aromatic carbocycles. The highest BCUT2D eigenvalue weighted by atomic mass is 28.4. The maximum Gasteiger partial charge on any atom is 0.306 e. The van der Waals surface area contributed by atoms with Gasteiger partial charge in [0, 0.05) is 47.8 Å². The molecule has 0 unspecified atom stereocenters. The molecule has 362 valence electrons. The van der Waals surface area contributed by atoms with Crippen molar-refractivity contribution in [3.05, 3.63) is 138 Å². The zero-order valence-corrected chi connectivity index (χ0v) is 42.1. The Bertz CT molecular complexity index is 2150. The Hall–Kier alpha value is -5.23. The molecule has 11 heteroatoms. The number of benzene rings is 3. The number of para-hydroxylation sites is 1. The van der Waals surface area contributed by atoms with Gasteiger partial charge >= 0.3 is 11.9 Å². The van der Waals surface area contributed by atoms with Crippen LogP contribution in [-0.2, 0) is 28.5 Å². The summed E-state index contributed by atoms with van der Waals surface area (Å²) in [5, 5.41) is 0.0334. The van der Waals surface area contributed by atoms with Gasteiger partial charge in [0.15, 0.2) is 6.29 Å². The van der Waals surface area contributed by atoms with Crippen LogP contribution in [0.2, 0.25) is 18.1 Å². The SMILES string of the molecule is CCOC(=O)CC/C=C\C[C@@H]1CO[C@H](c2cccc(OCCCCCCOc3ccc(/C(=C\CCCCC(=O)OCC)c4cccnc4)cc3)c2)O[C@@H]1c1ccccc1O[Si](C)(C)C(C)(C)C. The van der Waals surface area contributed by atoms with E-state index in [1.165, 1.54) is 0 Å². The molecule has 0 N–H and O–H groups in total. The van der Waals surface area contributed by atoms with E-state index in [0.717, 1.165) is 96.4 Å².